The molecule has 5 heteroatoms. The van der Waals surface area contributed by atoms with E-state index in [1.54, 1.807) is 6.92 Å². The van der Waals surface area contributed by atoms with E-state index >= 15 is 0 Å². The highest BCUT2D eigenvalue weighted by atomic mass is 32.2. The smallest absolute Gasteiger partial charge is 0.264 e. The van der Waals surface area contributed by atoms with E-state index in [1.165, 1.54) is 0 Å². The molecule has 0 heterocycles. The van der Waals surface area contributed by atoms with Gasteiger partial charge in [0, 0.05) is 12.8 Å². The van der Waals surface area contributed by atoms with Crippen molar-refractivity contribution < 1.29 is 17.7 Å². The van der Waals surface area contributed by atoms with Gasteiger partial charge in [-0.3, -0.25) is 4.18 Å². The summed E-state index contributed by atoms with van der Waals surface area (Å²) >= 11 is 0. The number of hydrogen-bond donors (Lipinski definition) is 1. The van der Waals surface area contributed by atoms with Crippen LogP contribution in [0.4, 0.5) is 0 Å². The van der Waals surface area contributed by atoms with Crippen LogP contribution >= 0.6 is 0 Å². The first-order valence-electron chi connectivity index (χ1n) is 3.39. The fraction of sp³-hybridized carbons (Fsp3) is 1.00. The summed E-state index contributed by atoms with van der Waals surface area (Å²) < 4.78 is 25.7. The SMILES string of the molecule is CC1(O)CC(OS(C)(=O)=O)C1. The van der Waals surface area contributed by atoms with Gasteiger partial charge in [-0.25, -0.2) is 0 Å². The third-order valence-corrected chi connectivity index (χ3v) is 2.27. The number of rotatable bonds is 2. The van der Waals surface area contributed by atoms with E-state index in [2.05, 4.69) is 4.18 Å². The van der Waals surface area contributed by atoms with Gasteiger partial charge in [-0.2, -0.15) is 8.42 Å². The van der Waals surface area contributed by atoms with Crippen molar-refractivity contribution in [2.75, 3.05) is 6.26 Å². The van der Waals surface area contributed by atoms with Crippen molar-refractivity contribution in [2.24, 2.45) is 0 Å². The van der Waals surface area contributed by atoms with Gasteiger partial charge in [0.2, 0.25) is 0 Å². The average Bonchev–Trinajstić information content (AvgIpc) is 1.53. The summed E-state index contributed by atoms with van der Waals surface area (Å²) in [4.78, 5) is 0. The molecule has 0 unspecified atom stereocenters. The van der Waals surface area contributed by atoms with Crippen LogP contribution in [0.3, 0.4) is 0 Å². The van der Waals surface area contributed by atoms with Gasteiger partial charge in [-0.1, -0.05) is 0 Å². The first-order chi connectivity index (χ1) is 4.79. The standard InChI is InChI=1S/C6H12O4S/c1-6(7)3-5(4-6)10-11(2,8)9/h5,7H,3-4H2,1-2H3. The van der Waals surface area contributed by atoms with Crippen molar-refractivity contribution in [3.63, 3.8) is 0 Å². The second-order valence-electron chi connectivity index (χ2n) is 3.33. The minimum absolute atomic E-state index is 0.319. The summed E-state index contributed by atoms with van der Waals surface area (Å²) in [5.41, 5.74) is -0.727. The van der Waals surface area contributed by atoms with Gasteiger partial charge in [-0.15, -0.1) is 0 Å². The van der Waals surface area contributed by atoms with Crippen LogP contribution < -0.4 is 0 Å². The zero-order chi connectivity index (χ0) is 8.70. The maximum Gasteiger partial charge on any atom is 0.264 e. The lowest BCUT2D eigenvalue weighted by Gasteiger charge is -2.39. The Morgan fingerprint density at radius 3 is 2.27 bits per heavy atom. The lowest BCUT2D eigenvalue weighted by atomic mass is 9.79. The maximum absolute atomic E-state index is 10.5. The lowest BCUT2D eigenvalue weighted by molar-refractivity contribution is -0.0866. The molecule has 1 aliphatic carbocycles. The van der Waals surface area contributed by atoms with Crippen molar-refractivity contribution in [2.45, 2.75) is 31.5 Å². The molecule has 0 aromatic rings. The second kappa shape index (κ2) is 2.43. The van der Waals surface area contributed by atoms with Crippen molar-refractivity contribution in [3.8, 4) is 0 Å². The third-order valence-electron chi connectivity index (χ3n) is 1.65. The van der Waals surface area contributed by atoms with E-state index in [0.717, 1.165) is 6.26 Å². The summed E-state index contributed by atoms with van der Waals surface area (Å²) in [6.45, 7) is 1.66. The van der Waals surface area contributed by atoms with Crippen LogP contribution in [0.25, 0.3) is 0 Å². The van der Waals surface area contributed by atoms with Gasteiger partial charge in [0.15, 0.2) is 0 Å². The largest absolute Gasteiger partial charge is 0.390 e. The minimum Gasteiger partial charge on any atom is -0.390 e. The van der Waals surface area contributed by atoms with E-state index in [4.69, 9.17) is 0 Å². The second-order valence-corrected chi connectivity index (χ2v) is 4.93. The first kappa shape index (κ1) is 8.96. The van der Waals surface area contributed by atoms with Crippen molar-refractivity contribution >= 4 is 10.1 Å². The molecule has 1 fully saturated rings. The Balaban J connectivity index is 2.36. The predicted molar refractivity (Wildman–Crippen MR) is 39.6 cm³/mol. The molecule has 1 saturated carbocycles. The molecule has 0 spiro atoms. The Labute approximate surface area is 66.3 Å². The zero-order valence-corrected chi connectivity index (χ0v) is 7.39. The summed E-state index contributed by atoms with van der Waals surface area (Å²) in [5, 5.41) is 9.21. The van der Waals surface area contributed by atoms with Gasteiger partial charge in [0.25, 0.3) is 10.1 Å². The van der Waals surface area contributed by atoms with Gasteiger partial charge >= 0.3 is 0 Å². The molecule has 0 bridgehead atoms. The summed E-state index contributed by atoms with van der Waals surface area (Å²) in [6, 6.07) is 0. The Kier molecular flexibility index (Phi) is 1.98. The Bertz CT molecular complexity index is 233. The van der Waals surface area contributed by atoms with Gasteiger partial charge in [0.05, 0.1) is 18.0 Å². The molecule has 0 atom stereocenters. The van der Waals surface area contributed by atoms with Crippen molar-refractivity contribution in [1.82, 2.24) is 0 Å². The van der Waals surface area contributed by atoms with Gasteiger partial charge in [0.1, 0.15) is 0 Å². The quantitative estimate of drug-likeness (QED) is 0.601. The Morgan fingerprint density at radius 1 is 1.55 bits per heavy atom. The molecular formula is C6H12O4S. The molecule has 0 aromatic heterocycles. The molecule has 66 valence electrons. The highest BCUT2D eigenvalue weighted by Crippen LogP contribution is 2.34. The topological polar surface area (TPSA) is 63.6 Å². The molecule has 1 rings (SSSR count). The predicted octanol–water partition coefficient (Wildman–Crippen LogP) is -0.124. The Morgan fingerprint density at radius 2 is 2.00 bits per heavy atom. The van der Waals surface area contributed by atoms with Crippen LogP contribution in [0.15, 0.2) is 0 Å². The third kappa shape index (κ3) is 2.76. The van der Waals surface area contributed by atoms with E-state index in [0.29, 0.717) is 12.8 Å². The maximum atomic E-state index is 10.5. The Hall–Kier alpha value is -0.130. The lowest BCUT2D eigenvalue weighted by Crippen LogP contribution is -2.46. The fourth-order valence-corrected chi connectivity index (χ4v) is 1.87. The normalized spacial score (nSPS) is 38.3. The molecule has 0 radical (unpaired) electrons. The molecule has 0 saturated heterocycles. The van der Waals surface area contributed by atoms with Crippen LogP contribution in [0.5, 0.6) is 0 Å². The van der Waals surface area contributed by atoms with E-state index in [1.807, 2.05) is 0 Å². The molecule has 0 aromatic carbocycles. The van der Waals surface area contributed by atoms with Gasteiger partial charge in [-0.05, 0) is 6.92 Å². The summed E-state index contributed by atoms with van der Waals surface area (Å²) in [5.74, 6) is 0. The molecule has 1 aliphatic rings. The number of aliphatic hydroxyl groups is 1. The minimum atomic E-state index is -3.35. The van der Waals surface area contributed by atoms with Crippen LogP contribution in [-0.4, -0.2) is 31.5 Å². The highest BCUT2D eigenvalue weighted by Gasteiger charge is 2.40. The zero-order valence-electron chi connectivity index (χ0n) is 6.57. The van der Waals surface area contributed by atoms with Crippen molar-refractivity contribution in [3.05, 3.63) is 0 Å². The van der Waals surface area contributed by atoms with Gasteiger partial charge < -0.3 is 5.11 Å². The van der Waals surface area contributed by atoms with E-state index in [9.17, 15) is 13.5 Å². The van der Waals surface area contributed by atoms with Crippen LogP contribution in [0.1, 0.15) is 19.8 Å². The first-order valence-corrected chi connectivity index (χ1v) is 5.21. The van der Waals surface area contributed by atoms with E-state index in [-0.39, 0.29) is 6.10 Å². The molecule has 1 N–H and O–H groups in total. The molecular weight excluding hydrogens is 168 g/mol. The molecule has 11 heavy (non-hydrogen) atoms. The van der Waals surface area contributed by atoms with Crippen LogP contribution in [0.2, 0.25) is 0 Å². The number of hydrogen-bond acceptors (Lipinski definition) is 4. The monoisotopic (exact) mass is 180 g/mol. The average molecular weight is 180 g/mol. The van der Waals surface area contributed by atoms with Crippen LogP contribution in [0, 0.1) is 0 Å². The molecule has 0 amide bonds. The summed E-state index contributed by atoms with van der Waals surface area (Å²) in [6.07, 6.45) is 1.50. The summed E-state index contributed by atoms with van der Waals surface area (Å²) in [7, 11) is -3.35. The highest BCUT2D eigenvalue weighted by molar-refractivity contribution is 7.86. The molecule has 0 aliphatic heterocycles. The van der Waals surface area contributed by atoms with Crippen molar-refractivity contribution in [1.29, 1.82) is 0 Å². The van der Waals surface area contributed by atoms with Crippen LogP contribution in [-0.2, 0) is 14.3 Å². The fourth-order valence-electron chi connectivity index (χ4n) is 1.24. The van der Waals surface area contributed by atoms with E-state index < -0.39 is 15.7 Å². The molecule has 4 nitrogen and oxygen atoms in total.